The van der Waals surface area contributed by atoms with E-state index in [1.165, 1.54) is 19.4 Å². The zero-order chi connectivity index (χ0) is 25.9. The first-order chi connectivity index (χ1) is 17.5. The quantitative estimate of drug-likeness (QED) is 0.236. The van der Waals surface area contributed by atoms with Crippen LogP contribution in [0, 0.1) is 5.82 Å². The van der Waals surface area contributed by atoms with E-state index in [0.29, 0.717) is 47.2 Å². The molecule has 9 heteroatoms. The maximum atomic E-state index is 13.9. The van der Waals surface area contributed by atoms with Gasteiger partial charge in [-0.1, -0.05) is 36.7 Å². The fraction of sp³-hybridized carbons (Fsp3) is 0.259. The lowest BCUT2D eigenvalue weighted by molar-refractivity contribution is 0.0954. The molecule has 0 aliphatic heterocycles. The van der Waals surface area contributed by atoms with E-state index in [4.69, 9.17) is 30.5 Å². The van der Waals surface area contributed by atoms with Crippen molar-refractivity contribution < 1.29 is 28.1 Å². The van der Waals surface area contributed by atoms with Crippen LogP contribution in [0.1, 0.15) is 41.8 Å². The second kappa shape index (κ2) is 13.3. The van der Waals surface area contributed by atoms with Crippen molar-refractivity contribution in [2.75, 3.05) is 20.3 Å². The molecule has 0 saturated carbocycles. The highest BCUT2D eigenvalue weighted by Crippen LogP contribution is 2.36. The van der Waals surface area contributed by atoms with Gasteiger partial charge in [-0.3, -0.25) is 4.79 Å². The average Bonchev–Trinajstić information content (AvgIpc) is 2.88. The molecule has 0 spiro atoms. The summed E-state index contributed by atoms with van der Waals surface area (Å²) in [4.78, 5) is 12.6. The van der Waals surface area contributed by atoms with E-state index >= 15 is 0 Å². The van der Waals surface area contributed by atoms with Gasteiger partial charge >= 0.3 is 0 Å². The molecule has 1 amide bonds. The number of nitrogens with zero attached hydrogens (tertiary/aromatic N) is 1. The van der Waals surface area contributed by atoms with Crippen LogP contribution in [-0.4, -0.2) is 32.4 Å². The number of ether oxygens (including phenoxy) is 4. The van der Waals surface area contributed by atoms with E-state index < -0.39 is 5.91 Å². The maximum absolute atomic E-state index is 13.9. The fourth-order valence-corrected chi connectivity index (χ4v) is 3.47. The Balaban J connectivity index is 1.69. The summed E-state index contributed by atoms with van der Waals surface area (Å²) in [7, 11) is 1.47. The molecule has 0 unspecified atom stereocenters. The molecule has 0 heterocycles. The summed E-state index contributed by atoms with van der Waals surface area (Å²) in [5.41, 5.74) is 3.80. The summed E-state index contributed by atoms with van der Waals surface area (Å²) >= 11 is 6.38. The van der Waals surface area contributed by atoms with Gasteiger partial charge in [0.15, 0.2) is 23.0 Å². The summed E-state index contributed by atoms with van der Waals surface area (Å²) in [6.45, 7) is 4.84. The van der Waals surface area contributed by atoms with Crippen molar-refractivity contribution in [1.29, 1.82) is 0 Å². The third-order valence-corrected chi connectivity index (χ3v) is 5.21. The lowest BCUT2D eigenvalue weighted by Gasteiger charge is -2.13. The number of hydrogen-bond donors (Lipinski definition) is 1. The van der Waals surface area contributed by atoms with Crippen LogP contribution in [0.4, 0.5) is 4.39 Å². The highest BCUT2D eigenvalue weighted by Gasteiger charge is 2.14. The first-order valence-electron chi connectivity index (χ1n) is 11.4. The maximum Gasteiger partial charge on any atom is 0.271 e. The third-order valence-electron chi connectivity index (χ3n) is 4.93. The van der Waals surface area contributed by atoms with Crippen molar-refractivity contribution in [1.82, 2.24) is 5.43 Å². The number of hydrazone groups is 1. The van der Waals surface area contributed by atoms with E-state index in [2.05, 4.69) is 10.5 Å². The zero-order valence-electron chi connectivity index (χ0n) is 20.3. The van der Waals surface area contributed by atoms with Gasteiger partial charge in [0.05, 0.1) is 31.6 Å². The number of carbonyl (C=O) groups excluding carboxylic acids is 1. The SMILES string of the molecule is CCCOc1ccc(C(=O)N/N=C/c2cc(Cl)c(OCc3ccccc3F)c(OC)c2)cc1OCC. The van der Waals surface area contributed by atoms with Crippen LogP contribution in [0.15, 0.2) is 59.7 Å². The van der Waals surface area contributed by atoms with Gasteiger partial charge in [0.25, 0.3) is 5.91 Å². The Bertz CT molecular complexity index is 1220. The molecule has 0 saturated heterocycles. The molecule has 0 atom stereocenters. The summed E-state index contributed by atoms with van der Waals surface area (Å²) in [5, 5.41) is 4.27. The van der Waals surface area contributed by atoms with E-state index in [9.17, 15) is 9.18 Å². The lowest BCUT2D eigenvalue weighted by Crippen LogP contribution is -2.17. The molecular weight excluding hydrogens is 487 g/mol. The van der Waals surface area contributed by atoms with Gasteiger partial charge in [-0.2, -0.15) is 5.10 Å². The Kier molecular flexibility index (Phi) is 9.94. The van der Waals surface area contributed by atoms with Crippen LogP contribution in [0.25, 0.3) is 0 Å². The van der Waals surface area contributed by atoms with E-state index in [-0.39, 0.29) is 23.2 Å². The number of nitrogens with one attached hydrogen (secondary N) is 1. The molecule has 36 heavy (non-hydrogen) atoms. The number of rotatable bonds is 12. The molecule has 3 aromatic rings. The van der Waals surface area contributed by atoms with Gasteiger partial charge < -0.3 is 18.9 Å². The Labute approximate surface area is 214 Å². The van der Waals surface area contributed by atoms with Crippen molar-refractivity contribution >= 4 is 23.7 Å². The molecule has 0 bridgehead atoms. The summed E-state index contributed by atoms with van der Waals surface area (Å²) in [6.07, 6.45) is 2.28. The normalized spacial score (nSPS) is 10.8. The third kappa shape index (κ3) is 7.11. The zero-order valence-corrected chi connectivity index (χ0v) is 21.1. The minimum Gasteiger partial charge on any atom is -0.493 e. The first-order valence-corrected chi connectivity index (χ1v) is 11.8. The molecule has 0 radical (unpaired) electrons. The molecule has 7 nitrogen and oxygen atoms in total. The second-order valence-corrected chi connectivity index (χ2v) is 7.96. The van der Waals surface area contributed by atoms with Crippen LogP contribution in [0.2, 0.25) is 5.02 Å². The number of halogens is 2. The molecule has 190 valence electrons. The van der Waals surface area contributed by atoms with Gasteiger partial charge in [0.2, 0.25) is 0 Å². The second-order valence-electron chi connectivity index (χ2n) is 7.56. The van der Waals surface area contributed by atoms with Crippen LogP contribution >= 0.6 is 11.6 Å². The largest absolute Gasteiger partial charge is 0.493 e. The first kappa shape index (κ1) is 26.8. The van der Waals surface area contributed by atoms with E-state index in [1.54, 1.807) is 48.5 Å². The molecule has 3 rings (SSSR count). The standard InChI is InChI=1S/C27H28ClFN2O5/c1-4-12-35-23-11-10-19(15-24(23)34-5-2)27(32)31-30-16-18-13-21(28)26(25(14-18)33-3)36-17-20-8-6-7-9-22(20)29/h6-11,13-16H,4-5,12,17H2,1-3H3,(H,31,32)/b30-16+. The monoisotopic (exact) mass is 514 g/mol. The smallest absolute Gasteiger partial charge is 0.271 e. The Morgan fingerprint density at radius 1 is 1.03 bits per heavy atom. The van der Waals surface area contributed by atoms with Gasteiger partial charge in [0.1, 0.15) is 12.4 Å². The number of amides is 1. The highest BCUT2D eigenvalue weighted by molar-refractivity contribution is 6.32. The minimum atomic E-state index is -0.419. The van der Waals surface area contributed by atoms with Gasteiger partial charge in [0, 0.05) is 11.1 Å². The number of hydrogen-bond acceptors (Lipinski definition) is 6. The molecule has 0 fully saturated rings. The summed E-state index contributed by atoms with van der Waals surface area (Å²) < 4.78 is 36.2. The highest BCUT2D eigenvalue weighted by atomic mass is 35.5. The summed E-state index contributed by atoms with van der Waals surface area (Å²) in [6, 6.07) is 14.5. The van der Waals surface area contributed by atoms with E-state index in [0.717, 1.165) is 6.42 Å². The van der Waals surface area contributed by atoms with Crippen LogP contribution in [0.5, 0.6) is 23.0 Å². The minimum absolute atomic E-state index is 0.0156. The van der Waals surface area contributed by atoms with Gasteiger partial charge in [-0.25, -0.2) is 9.82 Å². The van der Waals surface area contributed by atoms with Crippen molar-refractivity contribution in [2.45, 2.75) is 26.9 Å². The average molecular weight is 515 g/mol. The van der Waals surface area contributed by atoms with Crippen molar-refractivity contribution in [3.8, 4) is 23.0 Å². The topological polar surface area (TPSA) is 78.4 Å². The van der Waals surface area contributed by atoms with Crippen LogP contribution < -0.4 is 24.4 Å². The Morgan fingerprint density at radius 2 is 1.83 bits per heavy atom. The number of methoxy groups -OCH3 is 1. The molecule has 0 aliphatic carbocycles. The molecule has 0 aromatic heterocycles. The number of carbonyl (C=O) groups is 1. The van der Waals surface area contributed by atoms with Crippen molar-refractivity contribution in [3.63, 3.8) is 0 Å². The van der Waals surface area contributed by atoms with Crippen molar-refractivity contribution in [2.24, 2.45) is 5.10 Å². The Morgan fingerprint density at radius 3 is 2.56 bits per heavy atom. The molecular formula is C27H28ClFN2O5. The molecule has 3 aromatic carbocycles. The van der Waals surface area contributed by atoms with Gasteiger partial charge in [-0.15, -0.1) is 0 Å². The fourth-order valence-electron chi connectivity index (χ4n) is 3.20. The van der Waals surface area contributed by atoms with Gasteiger partial charge in [-0.05, 0) is 55.3 Å². The predicted octanol–water partition coefficient (Wildman–Crippen LogP) is 6.02. The van der Waals surface area contributed by atoms with E-state index in [1.807, 2.05) is 13.8 Å². The lowest BCUT2D eigenvalue weighted by atomic mass is 10.2. The van der Waals surface area contributed by atoms with Crippen molar-refractivity contribution in [3.05, 3.63) is 82.1 Å². The Hall–Kier alpha value is -3.78. The predicted molar refractivity (Wildman–Crippen MR) is 137 cm³/mol. The molecule has 1 N–H and O–H groups in total. The number of benzene rings is 3. The van der Waals surface area contributed by atoms with Crippen LogP contribution in [-0.2, 0) is 6.61 Å². The van der Waals surface area contributed by atoms with Crippen LogP contribution in [0.3, 0.4) is 0 Å². The summed E-state index contributed by atoms with van der Waals surface area (Å²) in [5.74, 6) is 0.900. The molecule has 0 aliphatic rings.